The highest BCUT2D eigenvalue weighted by Crippen LogP contribution is 2.36. The van der Waals surface area contributed by atoms with E-state index in [0.29, 0.717) is 12.0 Å². The summed E-state index contributed by atoms with van der Waals surface area (Å²) in [5, 5.41) is 3.54. The predicted octanol–water partition coefficient (Wildman–Crippen LogP) is 4.30. The van der Waals surface area contributed by atoms with Crippen LogP contribution in [-0.2, 0) is 0 Å². The van der Waals surface area contributed by atoms with Crippen LogP contribution in [0.1, 0.15) is 51.1 Å². The summed E-state index contributed by atoms with van der Waals surface area (Å²) in [5.41, 5.74) is 1.11. The first-order chi connectivity index (χ1) is 8.70. The molecule has 0 amide bonds. The van der Waals surface area contributed by atoms with E-state index in [-0.39, 0.29) is 5.82 Å². The first-order valence-corrected chi connectivity index (χ1v) is 7.19. The Labute approximate surface area is 110 Å². The number of hydrogen-bond donors (Lipinski definition) is 1. The molecule has 0 bridgehead atoms. The summed E-state index contributed by atoms with van der Waals surface area (Å²) in [6, 6.07) is 7.40. The van der Waals surface area contributed by atoms with E-state index in [0.717, 1.165) is 18.0 Å². The van der Waals surface area contributed by atoms with Gasteiger partial charge in [-0.05, 0) is 48.9 Å². The molecule has 1 unspecified atom stereocenters. The minimum Gasteiger partial charge on any atom is -0.310 e. The standard InChI is InChI=1S/C16H24FN/c1-3-18-16(13-9-7-12(2)8-10-13)14-5-4-6-15(17)11-14/h4-6,11-13,16,18H,3,7-10H2,1-2H3. The Morgan fingerprint density at radius 1 is 1.28 bits per heavy atom. The van der Waals surface area contributed by atoms with Gasteiger partial charge in [0.1, 0.15) is 5.82 Å². The van der Waals surface area contributed by atoms with E-state index in [2.05, 4.69) is 25.2 Å². The largest absolute Gasteiger partial charge is 0.310 e. The lowest BCUT2D eigenvalue weighted by Crippen LogP contribution is -2.30. The van der Waals surface area contributed by atoms with Crippen LogP contribution in [-0.4, -0.2) is 6.54 Å². The van der Waals surface area contributed by atoms with Crippen LogP contribution >= 0.6 is 0 Å². The van der Waals surface area contributed by atoms with Gasteiger partial charge in [0, 0.05) is 6.04 Å². The van der Waals surface area contributed by atoms with Gasteiger partial charge >= 0.3 is 0 Å². The molecule has 0 radical (unpaired) electrons. The van der Waals surface area contributed by atoms with Gasteiger partial charge < -0.3 is 5.32 Å². The third-order valence-electron chi connectivity index (χ3n) is 4.16. The Kier molecular flexibility index (Phi) is 4.76. The molecule has 1 aliphatic rings. The highest BCUT2D eigenvalue weighted by atomic mass is 19.1. The van der Waals surface area contributed by atoms with Crippen LogP contribution in [0.15, 0.2) is 24.3 Å². The van der Waals surface area contributed by atoms with Gasteiger partial charge in [-0.2, -0.15) is 0 Å². The maximum absolute atomic E-state index is 13.4. The molecular weight excluding hydrogens is 225 g/mol. The van der Waals surface area contributed by atoms with Gasteiger partial charge in [0.15, 0.2) is 0 Å². The molecule has 1 nitrogen and oxygen atoms in total. The molecule has 1 N–H and O–H groups in total. The number of nitrogens with one attached hydrogen (secondary N) is 1. The molecule has 0 spiro atoms. The zero-order chi connectivity index (χ0) is 13.0. The molecule has 0 saturated heterocycles. The molecule has 1 aromatic rings. The average Bonchev–Trinajstić information content (AvgIpc) is 2.37. The zero-order valence-corrected chi connectivity index (χ0v) is 11.5. The van der Waals surface area contributed by atoms with E-state index >= 15 is 0 Å². The van der Waals surface area contributed by atoms with Crippen molar-refractivity contribution in [3.05, 3.63) is 35.6 Å². The smallest absolute Gasteiger partial charge is 0.123 e. The highest BCUT2D eigenvalue weighted by Gasteiger charge is 2.26. The van der Waals surface area contributed by atoms with Gasteiger partial charge in [-0.1, -0.05) is 38.8 Å². The van der Waals surface area contributed by atoms with E-state index < -0.39 is 0 Å². The van der Waals surface area contributed by atoms with Gasteiger partial charge in [-0.15, -0.1) is 0 Å². The quantitative estimate of drug-likeness (QED) is 0.838. The van der Waals surface area contributed by atoms with E-state index in [1.165, 1.54) is 31.7 Å². The van der Waals surface area contributed by atoms with Gasteiger partial charge in [-0.3, -0.25) is 0 Å². The fraction of sp³-hybridized carbons (Fsp3) is 0.625. The van der Waals surface area contributed by atoms with Crippen LogP contribution in [0.25, 0.3) is 0 Å². The van der Waals surface area contributed by atoms with Crippen LogP contribution in [0, 0.1) is 17.7 Å². The van der Waals surface area contributed by atoms with Gasteiger partial charge in [0.05, 0.1) is 0 Å². The van der Waals surface area contributed by atoms with Crippen molar-refractivity contribution in [2.45, 2.75) is 45.6 Å². The molecule has 100 valence electrons. The summed E-state index contributed by atoms with van der Waals surface area (Å²) in [7, 11) is 0. The van der Waals surface area contributed by atoms with E-state index in [4.69, 9.17) is 0 Å². The summed E-state index contributed by atoms with van der Waals surface area (Å²) in [6.07, 6.45) is 5.13. The molecule has 1 atom stereocenters. The summed E-state index contributed by atoms with van der Waals surface area (Å²) in [5.74, 6) is 1.39. The predicted molar refractivity (Wildman–Crippen MR) is 73.9 cm³/mol. The van der Waals surface area contributed by atoms with Gasteiger partial charge in [-0.25, -0.2) is 4.39 Å². The Morgan fingerprint density at radius 3 is 2.61 bits per heavy atom. The molecule has 1 aromatic carbocycles. The molecule has 1 aliphatic carbocycles. The number of benzene rings is 1. The Bertz CT molecular complexity index is 369. The van der Waals surface area contributed by atoms with Crippen molar-refractivity contribution in [2.75, 3.05) is 6.54 Å². The molecule has 1 fully saturated rings. The number of hydrogen-bond acceptors (Lipinski definition) is 1. The summed E-state index contributed by atoms with van der Waals surface area (Å²) < 4.78 is 13.4. The number of halogens is 1. The van der Waals surface area contributed by atoms with E-state index in [1.807, 2.05) is 6.07 Å². The minimum absolute atomic E-state index is 0.125. The zero-order valence-electron chi connectivity index (χ0n) is 11.5. The van der Waals surface area contributed by atoms with Crippen molar-refractivity contribution in [3.8, 4) is 0 Å². The molecule has 1 saturated carbocycles. The van der Waals surface area contributed by atoms with Crippen LogP contribution in [0.2, 0.25) is 0 Å². The molecular formula is C16H24FN. The van der Waals surface area contributed by atoms with Crippen LogP contribution in [0.3, 0.4) is 0 Å². The average molecular weight is 249 g/mol. The second kappa shape index (κ2) is 6.33. The number of rotatable bonds is 4. The fourth-order valence-electron chi connectivity index (χ4n) is 3.10. The first kappa shape index (κ1) is 13.5. The van der Waals surface area contributed by atoms with Crippen molar-refractivity contribution < 1.29 is 4.39 Å². The van der Waals surface area contributed by atoms with Crippen molar-refractivity contribution in [3.63, 3.8) is 0 Å². The topological polar surface area (TPSA) is 12.0 Å². The minimum atomic E-state index is -0.125. The van der Waals surface area contributed by atoms with Gasteiger partial charge in [0.2, 0.25) is 0 Å². The third-order valence-corrected chi connectivity index (χ3v) is 4.16. The molecule has 0 aromatic heterocycles. The summed E-state index contributed by atoms with van der Waals surface area (Å²) in [4.78, 5) is 0. The maximum Gasteiger partial charge on any atom is 0.123 e. The van der Waals surface area contributed by atoms with E-state index in [1.54, 1.807) is 6.07 Å². The van der Waals surface area contributed by atoms with Gasteiger partial charge in [0.25, 0.3) is 0 Å². The van der Waals surface area contributed by atoms with E-state index in [9.17, 15) is 4.39 Å². The van der Waals surface area contributed by atoms with Crippen molar-refractivity contribution >= 4 is 0 Å². The fourth-order valence-corrected chi connectivity index (χ4v) is 3.10. The SMILES string of the molecule is CCNC(c1cccc(F)c1)C1CCC(C)CC1. The lowest BCUT2D eigenvalue weighted by molar-refractivity contribution is 0.233. The lowest BCUT2D eigenvalue weighted by atomic mass is 9.77. The molecule has 18 heavy (non-hydrogen) atoms. The first-order valence-electron chi connectivity index (χ1n) is 7.19. The maximum atomic E-state index is 13.4. The second-order valence-electron chi connectivity index (χ2n) is 5.61. The normalized spacial score (nSPS) is 25.9. The summed E-state index contributed by atoms with van der Waals surface area (Å²) >= 11 is 0. The van der Waals surface area contributed by atoms with Crippen molar-refractivity contribution in [2.24, 2.45) is 11.8 Å². The Balaban J connectivity index is 2.12. The Hall–Kier alpha value is -0.890. The lowest BCUT2D eigenvalue weighted by Gasteiger charge is -2.33. The molecule has 0 aliphatic heterocycles. The van der Waals surface area contributed by atoms with Crippen molar-refractivity contribution in [1.82, 2.24) is 5.32 Å². The highest BCUT2D eigenvalue weighted by molar-refractivity contribution is 5.21. The van der Waals surface area contributed by atoms with Crippen molar-refractivity contribution in [1.29, 1.82) is 0 Å². The Morgan fingerprint density at radius 2 is 2.00 bits per heavy atom. The molecule has 2 rings (SSSR count). The van der Waals surface area contributed by atoms with Crippen LogP contribution < -0.4 is 5.32 Å². The van der Waals surface area contributed by atoms with Crippen LogP contribution in [0.5, 0.6) is 0 Å². The second-order valence-corrected chi connectivity index (χ2v) is 5.61. The monoisotopic (exact) mass is 249 g/mol. The summed E-state index contributed by atoms with van der Waals surface area (Å²) in [6.45, 7) is 5.39. The molecule has 0 heterocycles. The third kappa shape index (κ3) is 3.32. The molecule has 2 heteroatoms. The van der Waals surface area contributed by atoms with Crippen LogP contribution in [0.4, 0.5) is 4.39 Å².